The molecule has 2 rings (SSSR count). The molecular weight excluding hydrogens is 218 g/mol. The topological polar surface area (TPSA) is 41.9 Å². The molecule has 0 spiro atoms. The number of aliphatic hydroxyl groups is 1. The molecule has 0 amide bonds. The number of hydrogen-bond donors (Lipinski definition) is 1. The van der Waals surface area contributed by atoms with Gasteiger partial charge in [-0.3, -0.25) is 4.90 Å². The van der Waals surface area contributed by atoms with Crippen LogP contribution in [-0.4, -0.2) is 49.0 Å². The van der Waals surface area contributed by atoms with E-state index in [1.807, 2.05) is 31.2 Å². The molecule has 0 saturated carbocycles. The number of β-amino-alcohol motifs (C(OH)–C–C–N with tert-alkyl or cyclic N) is 1. The summed E-state index contributed by atoms with van der Waals surface area (Å²) >= 11 is 0. The van der Waals surface area contributed by atoms with Crippen molar-refractivity contribution in [3.8, 4) is 11.5 Å². The van der Waals surface area contributed by atoms with E-state index in [0.717, 1.165) is 31.1 Å². The molecule has 17 heavy (non-hydrogen) atoms. The number of rotatable bonds is 5. The molecule has 1 fully saturated rings. The SMILES string of the molecule is COc1ccc(OCCN2CC(C)(O)C2)cc1. The van der Waals surface area contributed by atoms with Gasteiger partial charge in [0.25, 0.3) is 0 Å². The molecule has 94 valence electrons. The van der Waals surface area contributed by atoms with E-state index in [9.17, 15) is 5.11 Å². The third-order valence-electron chi connectivity index (χ3n) is 2.86. The standard InChI is InChI=1S/C13H19NO3/c1-13(15)9-14(10-13)7-8-17-12-5-3-11(16-2)4-6-12/h3-6,15H,7-10H2,1-2H3. The molecule has 1 aliphatic rings. The highest BCUT2D eigenvalue weighted by Crippen LogP contribution is 2.20. The molecule has 0 radical (unpaired) electrons. The summed E-state index contributed by atoms with van der Waals surface area (Å²) < 4.78 is 10.7. The monoisotopic (exact) mass is 237 g/mol. The van der Waals surface area contributed by atoms with Gasteiger partial charge >= 0.3 is 0 Å². The molecule has 0 aliphatic carbocycles. The van der Waals surface area contributed by atoms with Crippen LogP contribution < -0.4 is 9.47 Å². The zero-order chi connectivity index (χ0) is 12.3. The zero-order valence-electron chi connectivity index (χ0n) is 10.3. The lowest BCUT2D eigenvalue weighted by molar-refractivity contribution is -0.0859. The fourth-order valence-corrected chi connectivity index (χ4v) is 2.04. The van der Waals surface area contributed by atoms with Gasteiger partial charge in [0.15, 0.2) is 0 Å². The van der Waals surface area contributed by atoms with Crippen LogP contribution in [0.2, 0.25) is 0 Å². The second kappa shape index (κ2) is 4.94. The Hall–Kier alpha value is -1.26. The minimum atomic E-state index is -0.500. The van der Waals surface area contributed by atoms with E-state index in [2.05, 4.69) is 4.90 Å². The van der Waals surface area contributed by atoms with E-state index in [-0.39, 0.29) is 0 Å². The van der Waals surface area contributed by atoms with Crippen LogP contribution in [0.3, 0.4) is 0 Å². The number of nitrogens with zero attached hydrogens (tertiary/aromatic N) is 1. The fourth-order valence-electron chi connectivity index (χ4n) is 2.04. The van der Waals surface area contributed by atoms with E-state index >= 15 is 0 Å². The van der Waals surface area contributed by atoms with Gasteiger partial charge in [-0.1, -0.05) is 0 Å². The van der Waals surface area contributed by atoms with Crippen LogP contribution in [0.15, 0.2) is 24.3 Å². The van der Waals surface area contributed by atoms with Crippen molar-refractivity contribution in [3.63, 3.8) is 0 Å². The molecule has 1 saturated heterocycles. The van der Waals surface area contributed by atoms with Gasteiger partial charge in [0.2, 0.25) is 0 Å². The molecule has 4 heteroatoms. The second-order valence-electron chi connectivity index (χ2n) is 4.73. The van der Waals surface area contributed by atoms with Crippen molar-refractivity contribution in [3.05, 3.63) is 24.3 Å². The maximum atomic E-state index is 9.56. The molecular formula is C13H19NO3. The smallest absolute Gasteiger partial charge is 0.119 e. The van der Waals surface area contributed by atoms with Gasteiger partial charge in [-0.2, -0.15) is 0 Å². The van der Waals surface area contributed by atoms with Crippen molar-refractivity contribution in [2.75, 3.05) is 33.4 Å². The molecule has 0 unspecified atom stereocenters. The molecule has 0 atom stereocenters. The molecule has 1 N–H and O–H groups in total. The molecule has 1 aromatic carbocycles. The first kappa shape index (κ1) is 12.2. The largest absolute Gasteiger partial charge is 0.497 e. The Bertz CT molecular complexity index is 353. The van der Waals surface area contributed by atoms with E-state index in [0.29, 0.717) is 6.61 Å². The van der Waals surface area contributed by atoms with Crippen LogP contribution in [0.5, 0.6) is 11.5 Å². The lowest BCUT2D eigenvalue weighted by Gasteiger charge is -2.44. The van der Waals surface area contributed by atoms with E-state index in [1.54, 1.807) is 7.11 Å². The lowest BCUT2D eigenvalue weighted by Crippen LogP contribution is -2.60. The van der Waals surface area contributed by atoms with Crippen molar-refractivity contribution in [1.82, 2.24) is 4.90 Å². The van der Waals surface area contributed by atoms with Crippen molar-refractivity contribution in [2.45, 2.75) is 12.5 Å². The first-order valence-electron chi connectivity index (χ1n) is 5.81. The van der Waals surface area contributed by atoms with Crippen LogP contribution in [0.4, 0.5) is 0 Å². The minimum absolute atomic E-state index is 0.500. The highest BCUT2D eigenvalue weighted by molar-refractivity contribution is 5.31. The number of ether oxygens (including phenoxy) is 2. The third kappa shape index (κ3) is 3.35. The molecule has 1 aromatic rings. The minimum Gasteiger partial charge on any atom is -0.497 e. The second-order valence-corrected chi connectivity index (χ2v) is 4.73. The highest BCUT2D eigenvalue weighted by atomic mass is 16.5. The zero-order valence-corrected chi connectivity index (χ0v) is 10.3. The maximum Gasteiger partial charge on any atom is 0.119 e. The number of methoxy groups -OCH3 is 1. The van der Waals surface area contributed by atoms with Crippen molar-refractivity contribution < 1.29 is 14.6 Å². The summed E-state index contributed by atoms with van der Waals surface area (Å²) in [5, 5.41) is 9.56. The Balaban J connectivity index is 1.68. The molecule has 1 heterocycles. The molecule has 4 nitrogen and oxygen atoms in total. The quantitative estimate of drug-likeness (QED) is 0.834. The van der Waals surface area contributed by atoms with Gasteiger partial charge in [-0.25, -0.2) is 0 Å². The summed E-state index contributed by atoms with van der Waals surface area (Å²) in [5.41, 5.74) is -0.500. The first-order chi connectivity index (χ1) is 8.09. The predicted octanol–water partition coefficient (Wildman–Crippen LogP) is 1.14. The summed E-state index contributed by atoms with van der Waals surface area (Å²) in [7, 11) is 1.64. The van der Waals surface area contributed by atoms with E-state index in [1.165, 1.54) is 0 Å². The van der Waals surface area contributed by atoms with Crippen LogP contribution in [0, 0.1) is 0 Å². The average molecular weight is 237 g/mol. The van der Waals surface area contributed by atoms with Gasteiger partial charge in [-0.05, 0) is 31.2 Å². The summed E-state index contributed by atoms with van der Waals surface area (Å²) in [6.45, 7) is 4.82. The van der Waals surface area contributed by atoms with E-state index in [4.69, 9.17) is 9.47 Å². The van der Waals surface area contributed by atoms with Crippen molar-refractivity contribution in [1.29, 1.82) is 0 Å². The Morgan fingerprint density at radius 1 is 1.24 bits per heavy atom. The lowest BCUT2D eigenvalue weighted by atomic mass is 9.97. The van der Waals surface area contributed by atoms with Gasteiger partial charge in [0, 0.05) is 19.6 Å². The van der Waals surface area contributed by atoms with Crippen LogP contribution in [0.25, 0.3) is 0 Å². The van der Waals surface area contributed by atoms with Gasteiger partial charge in [0.1, 0.15) is 18.1 Å². The Morgan fingerprint density at radius 3 is 2.35 bits per heavy atom. The van der Waals surface area contributed by atoms with Crippen LogP contribution in [-0.2, 0) is 0 Å². The third-order valence-corrected chi connectivity index (χ3v) is 2.86. The number of benzene rings is 1. The van der Waals surface area contributed by atoms with E-state index < -0.39 is 5.60 Å². The molecule has 0 bridgehead atoms. The van der Waals surface area contributed by atoms with Crippen molar-refractivity contribution in [2.24, 2.45) is 0 Å². The van der Waals surface area contributed by atoms with Gasteiger partial charge < -0.3 is 14.6 Å². The predicted molar refractivity (Wildman–Crippen MR) is 65.6 cm³/mol. The summed E-state index contributed by atoms with van der Waals surface area (Å²) in [6.07, 6.45) is 0. The maximum absolute atomic E-state index is 9.56. The number of likely N-dealkylation sites (tertiary alicyclic amines) is 1. The summed E-state index contributed by atoms with van der Waals surface area (Å²) in [4.78, 5) is 2.17. The van der Waals surface area contributed by atoms with Crippen molar-refractivity contribution >= 4 is 0 Å². The molecule has 1 aliphatic heterocycles. The Kier molecular flexibility index (Phi) is 3.54. The van der Waals surface area contributed by atoms with Crippen LogP contribution in [0.1, 0.15) is 6.92 Å². The van der Waals surface area contributed by atoms with Crippen LogP contribution >= 0.6 is 0 Å². The first-order valence-corrected chi connectivity index (χ1v) is 5.81. The number of hydrogen-bond acceptors (Lipinski definition) is 4. The molecule has 0 aromatic heterocycles. The summed E-state index contributed by atoms with van der Waals surface area (Å²) in [5.74, 6) is 1.68. The fraction of sp³-hybridized carbons (Fsp3) is 0.538. The van der Waals surface area contributed by atoms with Gasteiger partial charge in [0.05, 0.1) is 12.7 Å². The normalized spacial score (nSPS) is 18.5. The average Bonchev–Trinajstić information content (AvgIpc) is 2.27. The summed E-state index contributed by atoms with van der Waals surface area (Å²) in [6, 6.07) is 7.55. The highest BCUT2D eigenvalue weighted by Gasteiger charge is 2.35. The van der Waals surface area contributed by atoms with Gasteiger partial charge in [-0.15, -0.1) is 0 Å². The Morgan fingerprint density at radius 2 is 1.82 bits per heavy atom. The Labute approximate surface area is 102 Å².